The zero-order valence-electron chi connectivity index (χ0n) is 39.7. The molecule has 344 valence electrons. The highest BCUT2D eigenvalue weighted by Crippen LogP contribution is 2.18. The molecule has 0 saturated carbocycles. The predicted octanol–water partition coefficient (Wildman–Crippen LogP) is 16.5. The van der Waals surface area contributed by atoms with Crippen LogP contribution in [0, 0.1) is 11.8 Å². The van der Waals surface area contributed by atoms with E-state index in [0.717, 1.165) is 69.6 Å². The van der Waals surface area contributed by atoms with E-state index in [1.807, 2.05) is 0 Å². The summed E-state index contributed by atoms with van der Waals surface area (Å²) in [6.07, 6.45) is 45.1. The number of esters is 3. The minimum Gasteiger partial charge on any atom is -0.462 e. The largest absolute Gasteiger partial charge is 0.462 e. The summed E-state index contributed by atoms with van der Waals surface area (Å²) in [7, 11) is 0. The number of ether oxygens (including phenoxy) is 3. The molecule has 0 aromatic carbocycles. The summed E-state index contributed by atoms with van der Waals surface area (Å²) in [4.78, 5) is 37.9. The Balaban J connectivity index is 4.32. The maximum Gasteiger partial charge on any atom is 0.306 e. The van der Waals surface area contributed by atoms with E-state index in [4.69, 9.17) is 14.2 Å². The van der Waals surface area contributed by atoms with Gasteiger partial charge in [-0.05, 0) is 31.1 Å². The first-order valence-electron chi connectivity index (χ1n) is 25.8. The molecule has 0 spiro atoms. The molecule has 0 amide bonds. The number of carbonyl (C=O) groups excluding carboxylic acids is 3. The van der Waals surface area contributed by atoms with Crippen LogP contribution in [0.2, 0.25) is 0 Å². The number of unbranched alkanes of at least 4 members (excludes halogenated alkanes) is 30. The zero-order valence-corrected chi connectivity index (χ0v) is 39.7. The first-order valence-corrected chi connectivity index (χ1v) is 25.8. The van der Waals surface area contributed by atoms with Gasteiger partial charge < -0.3 is 14.2 Å². The molecule has 0 aromatic heterocycles. The number of hydrogen-bond acceptors (Lipinski definition) is 6. The molecule has 0 N–H and O–H groups in total. The fourth-order valence-electron chi connectivity index (χ4n) is 7.78. The molecule has 6 heteroatoms. The lowest BCUT2D eigenvalue weighted by atomic mass is 9.99. The van der Waals surface area contributed by atoms with Crippen LogP contribution < -0.4 is 0 Å². The van der Waals surface area contributed by atoms with E-state index in [2.05, 4.69) is 34.6 Å². The Kier molecular flexibility index (Phi) is 43.7. The third kappa shape index (κ3) is 44.0. The number of rotatable bonds is 46. The molecule has 0 bridgehead atoms. The van der Waals surface area contributed by atoms with Crippen molar-refractivity contribution in [2.75, 3.05) is 13.2 Å². The Morgan fingerprint density at radius 1 is 0.362 bits per heavy atom. The van der Waals surface area contributed by atoms with Gasteiger partial charge in [0.2, 0.25) is 0 Å². The van der Waals surface area contributed by atoms with Crippen LogP contribution in [0.25, 0.3) is 0 Å². The highest BCUT2D eigenvalue weighted by molar-refractivity contribution is 5.71. The first-order chi connectivity index (χ1) is 28.3. The van der Waals surface area contributed by atoms with Crippen molar-refractivity contribution in [3.8, 4) is 0 Å². The van der Waals surface area contributed by atoms with Crippen molar-refractivity contribution in [2.45, 2.75) is 291 Å². The molecule has 0 fully saturated rings. The van der Waals surface area contributed by atoms with Crippen molar-refractivity contribution < 1.29 is 28.6 Å². The van der Waals surface area contributed by atoms with Crippen molar-refractivity contribution >= 4 is 17.9 Å². The molecule has 0 radical (unpaired) electrons. The number of carbonyl (C=O) groups is 3. The Morgan fingerprint density at radius 3 is 0.983 bits per heavy atom. The van der Waals surface area contributed by atoms with Crippen molar-refractivity contribution in [2.24, 2.45) is 11.8 Å². The number of hydrogen-bond donors (Lipinski definition) is 0. The maximum absolute atomic E-state index is 12.8. The summed E-state index contributed by atoms with van der Waals surface area (Å²) >= 11 is 0. The van der Waals surface area contributed by atoms with Gasteiger partial charge in [0.1, 0.15) is 13.2 Å². The van der Waals surface area contributed by atoms with E-state index >= 15 is 0 Å². The lowest BCUT2D eigenvalue weighted by Gasteiger charge is -2.18. The molecule has 58 heavy (non-hydrogen) atoms. The van der Waals surface area contributed by atoms with E-state index in [1.54, 1.807) is 0 Å². The van der Waals surface area contributed by atoms with E-state index in [1.165, 1.54) is 173 Å². The minimum atomic E-state index is -0.762. The van der Waals surface area contributed by atoms with Gasteiger partial charge in [0.15, 0.2) is 6.10 Å². The highest BCUT2D eigenvalue weighted by Gasteiger charge is 2.19. The SMILES string of the molecule is CCCCCCCCCCCCCCCCC(=O)OC[C@H](COC(=O)CCCCCCCCCCCCCC(C)C)OC(=O)CCCCCCCCCCC(C)CC. The molecule has 0 aliphatic rings. The second-order valence-corrected chi connectivity index (χ2v) is 18.5. The summed E-state index contributed by atoms with van der Waals surface area (Å²) < 4.78 is 16.8. The third-order valence-electron chi connectivity index (χ3n) is 12.1. The predicted molar refractivity (Wildman–Crippen MR) is 247 cm³/mol. The monoisotopic (exact) mass is 821 g/mol. The molecular formula is C52H100O6. The molecule has 1 unspecified atom stereocenters. The van der Waals surface area contributed by atoms with Crippen molar-refractivity contribution in [3.05, 3.63) is 0 Å². The van der Waals surface area contributed by atoms with Crippen LogP contribution in [0.5, 0.6) is 0 Å². The summed E-state index contributed by atoms with van der Waals surface area (Å²) in [6, 6.07) is 0. The smallest absolute Gasteiger partial charge is 0.306 e. The van der Waals surface area contributed by atoms with Crippen LogP contribution in [-0.4, -0.2) is 37.2 Å². The molecule has 0 aromatic rings. The second-order valence-electron chi connectivity index (χ2n) is 18.5. The highest BCUT2D eigenvalue weighted by atomic mass is 16.6. The summed E-state index contributed by atoms with van der Waals surface area (Å²) in [5, 5.41) is 0. The van der Waals surface area contributed by atoms with Crippen molar-refractivity contribution in [1.82, 2.24) is 0 Å². The van der Waals surface area contributed by atoms with Gasteiger partial charge in [-0.15, -0.1) is 0 Å². The van der Waals surface area contributed by atoms with Crippen LogP contribution in [0.3, 0.4) is 0 Å². The Morgan fingerprint density at radius 2 is 0.655 bits per heavy atom. The van der Waals surface area contributed by atoms with Crippen LogP contribution in [0.4, 0.5) is 0 Å². The zero-order chi connectivity index (χ0) is 42.6. The molecular weight excluding hydrogens is 721 g/mol. The molecule has 0 saturated heterocycles. The van der Waals surface area contributed by atoms with Gasteiger partial charge in [-0.2, -0.15) is 0 Å². The van der Waals surface area contributed by atoms with Gasteiger partial charge in [0.25, 0.3) is 0 Å². The van der Waals surface area contributed by atoms with Crippen LogP contribution in [0.15, 0.2) is 0 Å². The third-order valence-corrected chi connectivity index (χ3v) is 12.1. The van der Waals surface area contributed by atoms with Gasteiger partial charge in [0, 0.05) is 19.3 Å². The average Bonchev–Trinajstić information content (AvgIpc) is 3.21. The van der Waals surface area contributed by atoms with Crippen molar-refractivity contribution in [1.29, 1.82) is 0 Å². The molecule has 0 aliphatic heterocycles. The Bertz CT molecular complexity index is 887. The molecule has 0 aliphatic carbocycles. The van der Waals surface area contributed by atoms with Crippen LogP contribution >= 0.6 is 0 Å². The minimum absolute atomic E-state index is 0.0641. The molecule has 0 heterocycles. The average molecular weight is 821 g/mol. The summed E-state index contributed by atoms with van der Waals surface area (Å²) in [5.41, 5.74) is 0. The molecule has 6 nitrogen and oxygen atoms in total. The summed E-state index contributed by atoms with van der Waals surface area (Å²) in [6.45, 7) is 11.4. The topological polar surface area (TPSA) is 78.9 Å². The van der Waals surface area contributed by atoms with Crippen LogP contribution in [0.1, 0.15) is 285 Å². The van der Waals surface area contributed by atoms with E-state index in [-0.39, 0.29) is 31.1 Å². The lowest BCUT2D eigenvalue weighted by molar-refractivity contribution is -0.167. The Hall–Kier alpha value is -1.59. The van der Waals surface area contributed by atoms with Crippen molar-refractivity contribution in [3.63, 3.8) is 0 Å². The van der Waals surface area contributed by atoms with Gasteiger partial charge in [-0.3, -0.25) is 14.4 Å². The van der Waals surface area contributed by atoms with E-state index in [9.17, 15) is 14.4 Å². The summed E-state index contributed by atoms with van der Waals surface area (Å²) in [5.74, 6) is 0.822. The van der Waals surface area contributed by atoms with E-state index < -0.39 is 6.10 Å². The standard InChI is InChI=1S/C52H100O6/c1-6-8-9-10-11-12-13-14-15-18-21-27-32-37-42-50(53)56-45-49(58-52(55)44-39-34-29-24-23-26-31-36-41-48(5)7-2)46-57-51(54)43-38-33-28-22-19-16-17-20-25-30-35-40-47(3)4/h47-49H,6-46H2,1-5H3/t48?,49-/m1/s1. The first kappa shape index (κ1) is 56.4. The Labute approximate surface area is 361 Å². The fraction of sp³-hybridized carbons (Fsp3) is 0.942. The molecule has 0 rings (SSSR count). The van der Waals surface area contributed by atoms with Gasteiger partial charge in [-0.25, -0.2) is 0 Å². The maximum atomic E-state index is 12.8. The lowest BCUT2D eigenvalue weighted by Crippen LogP contribution is -2.30. The molecule has 2 atom stereocenters. The quantitative estimate of drug-likeness (QED) is 0.0346. The van der Waals surface area contributed by atoms with E-state index in [0.29, 0.717) is 19.3 Å². The van der Waals surface area contributed by atoms with Crippen LogP contribution in [-0.2, 0) is 28.6 Å². The normalized spacial score (nSPS) is 12.5. The second kappa shape index (κ2) is 44.9. The fourth-order valence-corrected chi connectivity index (χ4v) is 7.78. The van der Waals surface area contributed by atoms with Gasteiger partial charge in [-0.1, -0.05) is 247 Å². The van der Waals surface area contributed by atoms with Gasteiger partial charge >= 0.3 is 17.9 Å². The van der Waals surface area contributed by atoms with Gasteiger partial charge in [0.05, 0.1) is 0 Å².